The summed E-state index contributed by atoms with van der Waals surface area (Å²) in [7, 11) is 0. The molecule has 0 aliphatic carbocycles. The molecule has 2 aromatic heterocycles. The molecule has 2 rings (SSSR count). The second kappa shape index (κ2) is 2.61. The summed E-state index contributed by atoms with van der Waals surface area (Å²) in [6.07, 6.45) is 1.61. The van der Waals surface area contributed by atoms with Crippen molar-refractivity contribution in [1.82, 2.24) is 20.4 Å². The lowest BCUT2D eigenvalue weighted by Gasteiger charge is -1.90. The van der Waals surface area contributed by atoms with Crippen LogP contribution in [0.1, 0.15) is 0 Å². The number of nitrogens with two attached hydrogens (primary N) is 1. The number of nitrogens with one attached hydrogen (secondary N) is 1. The predicted molar refractivity (Wildman–Crippen MR) is 44.0 cm³/mol. The molecule has 3 N–H and O–H groups in total. The molecule has 0 radical (unpaired) electrons. The Bertz CT molecular complexity index is 366. The van der Waals surface area contributed by atoms with Crippen LogP contribution in [0.4, 0.5) is 5.82 Å². The Labute approximate surface area is 68.6 Å². The Morgan fingerprint density at radius 1 is 1.42 bits per heavy atom. The first-order valence-electron chi connectivity index (χ1n) is 3.45. The maximum atomic E-state index is 5.43. The van der Waals surface area contributed by atoms with Crippen molar-refractivity contribution in [3.05, 3.63) is 24.4 Å². The summed E-state index contributed by atoms with van der Waals surface area (Å²) in [4.78, 5) is 0. The predicted octanol–water partition coefficient (Wildman–Crippen LogP) is 0.449. The third kappa shape index (κ3) is 1.12. The second-order valence-corrected chi connectivity index (χ2v) is 2.32. The number of hydrogen-bond acceptors (Lipinski definition) is 4. The van der Waals surface area contributed by atoms with Gasteiger partial charge in [0.25, 0.3) is 0 Å². The lowest BCUT2D eigenvalue weighted by Crippen LogP contribution is -1.84. The minimum atomic E-state index is 0.454. The van der Waals surface area contributed by atoms with Crippen molar-refractivity contribution in [3.63, 3.8) is 0 Å². The van der Waals surface area contributed by atoms with Crippen LogP contribution in [0, 0.1) is 0 Å². The SMILES string of the molecule is Nc1cc(-c2cccnn2)[nH]n1. The van der Waals surface area contributed by atoms with Crippen molar-refractivity contribution in [2.24, 2.45) is 0 Å². The maximum Gasteiger partial charge on any atom is 0.145 e. The van der Waals surface area contributed by atoms with Gasteiger partial charge in [0.2, 0.25) is 0 Å². The molecule has 0 bridgehead atoms. The first kappa shape index (κ1) is 6.78. The van der Waals surface area contributed by atoms with Crippen molar-refractivity contribution < 1.29 is 0 Å². The van der Waals surface area contributed by atoms with Crippen molar-refractivity contribution in [2.45, 2.75) is 0 Å². The Kier molecular flexibility index (Phi) is 1.48. The number of hydrogen-bond donors (Lipinski definition) is 2. The van der Waals surface area contributed by atoms with Crippen LogP contribution in [0.3, 0.4) is 0 Å². The lowest BCUT2D eigenvalue weighted by molar-refractivity contribution is 1.02. The zero-order valence-corrected chi connectivity index (χ0v) is 6.23. The number of H-pyrrole nitrogens is 1. The third-order valence-electron chi connectivity index (χ3n) is 1.45. The van der Waals surface area contributed by atoms with Crippen molar-refractivity contribution in [2.75, 3.05) is 5.73 Å². The van der Waals surface area contributed by atoms with E-state index < -0.39 is 0 Å². The van der Waals surface area contributed by atoms with Gasteiger partial charge < -0.3 is 5.73 Å². The lowest BCUT2D eigenvalue weighted by atomic mass is 10.3. The molecule has 0 amide bonds. The highest BCUT2D eigenvalue weighted by atomic mass is 15.2. The number of nitrogens with zero attached hydrogens (tertiary/aromatic N) is 3. The molecule has 0 aliphatic heterocycles. The van der Waals surface area contributed by atoms with E-state index in [1.807, 2.05) is 6.07 Å². The molecule has 0 saturated carbocycles. The van der Waals surface area contributed by atoms with Gasteiger partial charge in [0.05, 0.1) is 5.69 Å². The standard InChI is InChI=1S/C7H7N5/c8-7-4-6(11-12-7)5-2-1-3-9-10-5/h1-4H,(H3,8,11,12). The highest BCUT2D eigenvalue weighted by Crippen LogP contribution is 2.13. The van der Waals surface area contributed by atoms with E-state index >= 15 is 0 Å². The summed E-state index contributed by atoms with van der Waals surface area (Å²) in [6, 6.07) is 5.35. The van der Waals surface area contributed by atoms with Crippen LogP contribution >= 0.6 is 0 Å². The fourth-order valence-corrected chi connectivity index (χ4v) is 0.914. The minimum Gasteiger partial charge on any atom is -0.382 e. The number of aromatic nitrogens is 4. The van der Waals surface area contributed by atoms with Gasteiger partial charge in [-0.15, -0.1) is 5.10 Å². The van der Waals surface area contributed by atoms with E-state index in [0.29, 0.717) is 5.82 Å². The fraction of sp³-hybridized carbons (Fsp3) is 0. The molecular formula is C7H7N5. The minimum absolute atomic E-state index is 0.454. The molecule has 0 saturated heterocycles. The Morgan fingerprint density at radius 3 is 2.92 bits per heavy atom. The maximum absolute atomic E-state index is 5.43. The van der Waals surface area contributed by atoms with E-state index in [1.54, 1.807) is 18.3 Å². The quantitative estimate of drug-likeness (QED) is 0.636. The molecule has 0 aromatic carbocycles. The average Bonchev–Trinajstić information content (AvgIpc) is 2.54. The zero-order chi connectivity index (χ0) is 8.39. The molecule has 0 spiro atoms. The monoisotopic (exact) mass is 161 g/mol. The van der Waals surface area contributed by atoms with E-state index in [4.69, 9.17) is 5.73 Å². The first-order chi connectivity index (χ1) is 5.86. The molecule has 0 fully saturated rings. The topological polar surface area (TPSA) is 80.5 Å². The second-order valence-electron chi connectivity index (χ2n) is 2.32. The van der Waals surface area contributed by atoms with Crippen LogP contribution in [0.2, 0.25) is 0 Å². The van der Waals surface area contributed by atoms with E-state index in [0.717, 1.165) is 11.4 Å². The van der Waals surface area contributed by atoms with Crippen LogP contribution in [0.25, 0.3) is 11.4 Å². The first-order valence-corrected chi connectivity index (χ1v) is 3.45. The highest BCUT2D eigenvalue weighted by molar-refractivity contribution is 5.56. The highest BCUT2D eigenvalue weighted by Gasteiger charge is 2.00. The molecule has 12 heavy (non-hydrogen) atoms. The largest absolute Gasteiger partial charge is 0.382 e. The van der Waals surface area contributed by atoms with Gasteiger partial charge in [0.1, 0.15) is 11.5 Å². The van der Waals surface area contributed by atoms with Crippen molar-refractivity contribution >= 4 is 5.82 Å². The van der Waals surface area contributed by atoms with Crippen LogP contribution in [0.5, 0.6) is 0 Å². The van der Waals surface area contributed by atoms with Crippen LogP contribution < -0.4 is 5.73 Å². The van der Waals surface area contributed by atoms with Gasteiger partial charge in [0.15, 0.2) is 0 Å². The van der Waals surface area contributed by atoms with Gasteiger partial charge in [-0.3, -0.25) is 5.10 Å². The van der Waals surface area contributed by atoms with Gasteiger partial charge in [-0.05, 0) is 12.1 Å². The summed E-state index contributed by atoms with van der Waals surface area (Å²) in [6.45, 7) is 0. The smallest absolute Gasteiger partial charge is 0.145 e. The van der Waals surface area contributed by atoms with Crippen molar-refractivity contribution in [3.8, 4) is 11.4 Å². The summed E-state index contributed by atoms with van der Waals surface area (Å²) >= 11 is 0. The molecule has 60 valence electrons. The van der Waals surface area contributed by atoms with Gasteiger partial charge in [-0.1, -0.05) is 0 Å². The van der Waals surface area contributed by atoms with Gasteiger partial charge in [-0.25, -0.2) is 0 Å². The van der Waals surface area contributed by atoms with Crippen LogP contribution in [-0.2, 0) is 0 Å². The molecule has 2 heterocycles. The van der Waals surface area contributed by atoms with E-state index in [-0.39, 0.29) is 0 Å². The number of anilines is 1. The van der Waals surface area contributed by atoms with Crippen molar-refractivity contribution in [1.29, 1.82) is 0 Å². The summed E-state index contributed by atoms with van der Waals surface area (Å²) < 4.78 is 0. The number of nitrogen functional groups attached to an aromatic ring is 1. The summed E-state index contributed by atoms with van der Waals surface area (Å²) in [5.41, 5.74) is 6.94. The summed E-state index contributed by atoms with van der Waals surface area (Å²) in [5.74, 6) is 0.454. The third-order valence-corrected chi connectivity index (χ3v) is 1.45. The van der Waals surface area contributed by atoms with E-state index in [1.165, 1.54) is 0 Å². The number of aromatic amines is 1. The van der Waals surface area contributed by atoms with E-state index in [2.05, 4.69) is 20.4 Å². The van der Waals surface area contributed by atoms with Gasteiger partial charge >= 0.3 is 0 Å². The van der Waals surface area contributed by atoms with E-state index in [9.17, 15) is 0 Å². The van der Waals surface area contributed by atoms with Crippen LogP contribution in [0.15, 0.2) is 24.4 Å². The molecule has 5 heteroatoms. The van der Waals surface area contributed by atoms with Gasteiger partial charge in [0, 0.05) is 12.3 Å². The van der Waals surface area contributed by atoms with Gasteiger partial charge in [-0.2, -0.15) is 10.2 Å². The Balaban J connectivity index is 2.45. The zero-order valence-electron chi connectivity index (χ0n) is 6.23. The molecule has 0 aliphatic rings. The fourth-order valence-electron chi connectivity index (χ4n) is 0.914. The normalized spacial score (nSPS) is 10.0. The molecular weight excluding hydrogens is 154 g/mol. The van der Waals surface area contributed by atoms with Crippen LogP contribution in [-0.4, -0.2) is 20.4 Å². The summed E-state index contributed by atoms with van der Waals surface area (Å²) in [5, 5.41) is 14.1. The Hall–Kier alpha value is -1.91. The molecule has 2 aromatic rings. The molecule has 5 nitrogen and oxygen atoms in total. The average molecular weight is 161 g/mol. The molecule has 0 atom stereocenters. The Morgan fingerprint density at radius 2 is 2.33 bits per heavy atom. The molecule has 0 unspecified atom stereocenters. The number of rotatable bonds is 1.